The van der Waals surface area contributed by atoms with Gasteiger partial charge >= 0.3 is 5.69 Å². The van der Waals surface area contributed by atoms with Gasteiger partial charge in [-0.25, -0.2) is 4.79 Å². The highest BCUT2D eigenvalue weighted by atomic mass is 16.3. The Bertz CT molecular complexity index is 1040. The number of rotatable bonds is 7. The van der Waals surface area contributed by atoms with Crippen LogP contribution in [0.3, 0.4) is 0 Å². The number of hydrogen-bond acceptors (Lipinski definition) is 4. The molecular formula is C19H22N4O3. The standard InChI is InChI=1S/C19H22N4O3/c1-2-3-10-23-18(25)15(17(24)22-19(23)26)12-20-9-8-13-11-21-16-7-5-4-6-14(13)16/h4-7,11-12,21,25H,2-3,8-10H2,1H3,(H,22,24,26). The average molecular weight is 354 g/mol. The zero-order chi connectivity index (χ0) is 18.5. The first-order valence-electron chi connectivity index (χ1n) is 8.72. The normalized spacial score (nSPS) is 11.6. The zero-order valence-corrected chi connectivity index (χ0v) is 14.7. The Morgan fingerprint density at radius 3 is 2.88 bits per heavy atom. The summed E-state index contributed by atoms with van der Waals surface area (Å²) in [7, 11) is 0. The van der Waals surface area contributed by atoms with Crippen LogP contribution in [0.2, 0.25) is 0 Å². The number of hydrogen-bond donors (Lipinski definition) is 3. The molecule has 136 valence electrons. The van der Waals surface area contributed by atoms with Crippen molar-refractivity contribution in [2.24, 2.45) is 4.99 Å². The van der Waals surface area contributed by atoms with Crippen molar-refractivity contribution in [2.45, 2.75) is 32.7 Å². The highest BCUT2D eigenvalue weighted by Crippen LogP contribution is 2.18. The summed E-state index contributed by atoms with van der Waals surface area (Å²) in [5.41, 5.74) is 1.000. The molecule has 0 aliphatic rings. The maximum Gasteiger partial charge on any atom is 0.331 e. The summed E-state index contributed by atoms with van der Waals surface area (Å²) in [5.74, 6) is -0.331. The fourth-order valence-corrected chi connectivity index (χ4v) is 2.89. The van der Waals surface area contributed by atoms with Gasteiger partial charge in [0.15, 0.2) is 0 Å². The second-order valence-corrected chi connectivity index (χ2v) is 6.15. The number of benzene rings is 1. The minimum atomic E-state index is -0.629. The van der Waals surface area contributed by atoms with E-state index in [2.05, 4.69) is 15.0 Å². The van der Waals surface area contributed by atoms with Gasteiger partial charge in [0, 0.05) is 36.4 Å². The molecule has 3 rings (SSSR count). The Hall–Kier alpha value is -3.09. The minimum absolute atomic E-state index is 0.0135. The first-order chi connectivity index (χ1) is 12.6. The van der Waals surface area contributed by atoms with Crippen molar-refractivity contribution in [1.29, 1.82) is 0 Å². The lowest BCUT2D eigenvalue weighted by Gasteiger charge is -2.08. The Morgan fingerprint density at radius 2 is 2.08 bits per heavy atom. The number of aliphatic imine (C=N–C) groups is 1. The second-order valence-electron chi connectivity index (χ2n) is 6.15. The number of H-pyrrole nitrogens is 2. The largest absolute Gasteiger partial charge is 0.494 e. The van der Waals surface area contributed by atoms with E-state index >= 15 is 0 Å². The lowest BCUT2D eigenvalue weighted by molar-refractivity contribution is 0.394. The van der Waals surface area contributed by atoms with Gasteiger partial charge in [-0.15, -0.1) is 0 Å². The number of aromatic hydroxyl groups is 1. The summed E-state index contributed by atoms with van der Waals surface area (Å²) in [6.07, 6.45) is 5.60. The van der Waals surface area contributed by atoms with Crippen LogP contribution in [0.25, 0.3) is 10.9 Å². The summed E-state index contributed by atoms with van der Waals surface area (Å²) < 4.78 is 1.17. The van der Waals surface area contributed by atoms with Crippen molar-refractivity contribution in [3.8, 4) is 5.88 Å². The predicted octanol–water partition coefficient (Wildman–Crippen LogP) is 2.19. The summed E-state index contributed by atoms with van der Waals surface area (Å²) in [4.78, 5) is 33.5. The third kappa shape index (κ3) is 3.61. The number of aromatic nitrogens is 3. The topological polar surface area (TPSA) is 103 Å². The van der Waals surface area contributed by atoms with Crippen molar-refractivity contribution in [3.05, 3.63) is 62.4 Å². The smallest absolute Gasteiger partial charge is 0.331 e. The number of aromatic amines is 2. The molecule has 3 aromatic rings. The van der Waals surface area contributed by atoms with Gasteiger partial charge in [-0.3, -0.25) is 19.3 Å². The van der Waals surface area contributed by atoms with Crippen LogP contribution in [0.15, 0.2) is 45.0 Å². The van der Waals surface area contributed by atoms with E-state index in [4.69, 9.17) is 0 Å². The molecule has 0 saturated carbocycles. The Morgan fingerprint density at radius 1 is 1.27 bits per heavy atom. The van der Waals surface area contributed by atoms with E-state index in [9.17, 15) is 14.7 Å². The van der Waals surface area contributed by atoms with Gasteiger partial charge in [-0.1, -0.05) is 31.5 Å². The minimum Gasteiger partial charge on any atom is -0.494 e. The van der Waals surface area contributed by atoms with Gasteiger partial charge in [0.25, 0.3) is 5.56 Å². The van der Waals surface area contributed by atoms with Crippen LogP contribution in [-0.2, 0) is 13.0 Å². The Balaban J connectivity index is 1.76. The van der Waals surface area contributed by atoms with Gasteiger partial charge in [0.2, 0.25) is 5.88 Å². The molecule has 0 unspecified atom stereocenters. The predicted molar refractivity (Wildman–Crippen MR) is 102 cm³/mol. The van der Waals surface area contributed by atoms with E-state index in [0.29, 0.717) is 19.5 Å². The highest BCUT2D eigenvalue weighted by Gasteiger charge is 2.12. The van der Waals surface area contributed by atoms with Crippen LogP contribution >= 0.6 is 0 Å². The Labute approximate surface area is 150 Å². The summed E-state index contributed by atoms with van der Waals surface area (Å²) in [6.45, 7) is 2.81. The van der Waals surface area contributed by atoms with E-state index in [1.54, 1.807) is 0 Å². The molecule has 2 heterocycles. The average Bonchev–Trinajstić information content (AvgIpc) is 3.04. The molecule has 0 radical (unpaired) electrons. The van der Waals surface area contributed by atoms with Crippen molar-refractivity contribution < 1.29 is 5.11 Å². The zero-order valence-electron chi connectivity index (χ0n) is 14.7. The number of para-hydroxylation sites is 1. The molecule has 3 N–H and O–H groups in total. The molecule has 0 bridgehead atoms. The first kappa shape index (κ1) is 17.7. The van der Waals surface area contributed by atoms with Gasteiger partial charge in [0.05, 0.1) is 0 Å². The SMILES string of the molecule is CCCCn1c(O)c(C=NCCc2c[nH]c3ccccc23)c(=O)[nH]c1=O. The third-order valence-corrected chi connectivity index (χ3v) is 4.35. The van der Waals surface area contributed by atoms with Gasteiger partial charge < -0.3 is 10.1 Å². The van der Waals surface area contributed by atoms with Crippen LogP contribution in [0.4, 0.5) is 0 Å². The molecule has 0 aliphatic heterocycles. The summed E-state index contributed by atoms with van der Waals surface area (Å²) in [5, 5.41) is 11.4. The van der Waals surface area contributed by atoms with Gasteiger partial charge in [0.1, 0.15) is 5.56 Å². The van der Waals surface area contributed by atoms with Crippen LogP contribution in [0.1, 0.15) is 30.9 Å². The fourth-order valence-electron chi connectivity index (χ4n) is 2.89. The number of nitrogens with zero attached hydrogens (tertiary/aromatic N) is 2. The van der Waals surface area contributed by atoms with Crippen LogP contribution < -0.4 is 11.2 Å². The molecule has 0 aliphatic carbocycles. The Kier molecular flexibility index (Phi) is 5.36. The van der Waals surface area contributed by atoms with E-state index in [1.165, 1.54) is 10.8 Å². The molecule has 7 heteroatoms. The molecule has 1 aromatic carbocycles. The lowest BCUT2D eigenvalue weighted by Crippen LogP contribution is -2.32. The maximum absolute atomic E-state index is 12.0. The maximum atomic E-state index is 12.0. The van der Waals surface area contributed by atoms with E-state index < -0.39 is 11.2 Å². The second kappa shape index (κ2) is 7.86. The molecule has 0 spiro atoms. The molecule has 0 fully saturated rings. The van der Waals surface area contributed by atoms with Crippen LogP contribution in [0, 0.1) is 0 Å². The highest BCUT2D eigenvalue weighted by molar-refractivity contribution is 5.83. The molecule has 2 aromatic heterocycles. The monoisotopic (exact) mass is 354 g/mol. The van der Waals surface area contributed by atoms with Crippen molar-refractivity contribution in [2.75, 3.05) is 6.54 Å². The molecule has 7 nitrogen and oxygen atoms in total. The molecule has 0 atom stereocenters. The lowest BCUT2D eigenvalue weighted by atomic mass is 10.1. The molecule has 0 saturated heterocycles. The fraction of sp³-hybridized carbons (Fsp3) is 0.316. The van der Waals surface area contributed by atoms with Crippen molar-refractivity contribution in [1.82, 2.24) is 14.5 Å². The molecular weight excluding hydrogens is 332 g/mol. The number of fused-ring (bicyclic) bond motifs is 1. The van der Waals surface area contributed by atoms with E-state index in [0.717, 1.165) is 29.3 Å². The number of unbranched alkanes of at least 4 members (excludes halogenated alkanes) is 1. The van der Waals surface area contributed by atoms with E-state index in [-0.39, 0.29) is 11.4 Å². The molecule has 0 amide bonds. The number of nitrogens with one attached hydrogen (secondary N) is 2. The van der Waals surface area contributed by atoms with Crippen molar-refractivity contribution >= 4 is 17.1 Å². The molecule has 26 heavy (non-hydrogen) atoms. The van der Waals surface area contributed by atoms with Crippen LogP contribution in [0.5, 0.6) is 5.88 Å². The summed E-state index contributed by atoms with van der Waals surface area (Å²) >= 11 is 0. The van der Waals surface area contributed by atoms with Gasteiger partial charge in [-0.2, -0.15) is 0 Å². The third-order valence-electron chi connectivity index (χ3n) is 4.35. The van der Waals surface area contributed by atoms with Crippen LogP contribution in [-0.4, -0.2) is 32.4 Å². The quantitative estimate of drug-likeness (QED) is 0.567. The van der Waals surface area contributed by atoms with E-state index in [1.807, 2.05) is 37.4 Å². The van der Waals surface area contributed by atoms with Gasteiger partial charge in [-0.05, 0) is 24.5 Å². The summed E-state index contributed by atoms with van der Waals surface area (Å²) in [6, 6.07) is 8.02. The first-order valence-corrected chi connectivity index (χ1v) is 8.72. The van der Waals surface area contributed by atoms with Crippen molar-refractivity contribution in [3.63, 3.8) is 0 Å².